The molecule has 2 aromatic carbocycles. The molecule has 0 unspecified atom stereocenters. The summed E-state index contributed by atoms with van der Waals surface area (Å²) < 4.78 is 9.98. The van der Waals surface area contributed by atoms with Gasteiger partial charge >= 0.3 is 0 Å². The van der Waals surface area contributed by atoms with Gasteiger partial charge in [0.2, 0.25) is 0 Å². The summed E-state index contributed by atoms with van der Waals surface area (Å²) in [4.78, 5) is 0. The Kier molecular flexibility index (Phi) is 5.81. The van der Waals surface area contributed by atoms with Crippen LogP contribution in [-0.2, 0) is 19.5 Å². The fourth-order valence-electron chi connectivity index (χ4n) is 3.47. The molecule has 0 radical (unpaired) electrons. The van der Waals surface area contributed by atoms with Crippen LogP contribution in [0.4, 0.5) is 0 Å². The van der Waals surface area contributed by atoms with Gasteiger partial charge in [0.05, 0.1) is 20.1 Å². The van der Waals surface area contributed by atoms with E-state index in [1.807, 2.05) is 24.3 Å². The predicted octanol–water partition coefficient (Wildman–Crippen LogP) is 1.76. The summed E-state index contributed by atoms with van der Waals surface area (Å²) in [5, 5.41) is 1.38. The maximum atomic E-state index is 6.37. The number of aromatic nitrogens is 2. The Bertz CT molecular complexity index is 920. The lowest BCUT2D eigenvalue weighted by Crippen LogP contribution is -3.00. The zero-order valence-corrected chi connectivity index (χ0v) is 16.7. The van der Waals surface area contributed by atoms with Crippen molar-refractivity contribution in [2.75, 3.05) is 7.11 Å². The number of fused-ring (bicyclic) bond motifs is 1. The fourth-order valence-corrected chi connectivity index (χ4v) is 3.94. The molecule has 26 heavy (non-hydrogen) atoms. The largest absolute Gasteiger partial charge is 1.00 e. The molecular weight excluding hydrogens is 391 g/mol. The van der Waals surface area contributed by atoms with Gasteiger partial charge in [-0.2, -0.15) is 0 Å². The Morgan fingerprint density at radius 3 is 2.58 bits per heavy atom. The molecule has 0 saturated heterocycles. The molecule has 0 fully saturated rings. The van der Waals surface area contributed by atoms with Crippen LogP contribution in [0.5, 0.6) is 5.75 Å². The summed E-state index contributed by atoms with van der Waals surface area (Å²) in [6.45, 7) is 1.81. The molecule has 4 rings (SSSR count). The van der Waals surface area contributed by atoms with E-state index in [0.29, 0.717) is 10.0 Å². The number of benzene rings is 2. The number of hydrogen-bond acceptors (Lipinski definition) is 1. The topological polar surface area (TPSA) is 18.0 Å². The van der Waals surface area contributed by atoms with Crippen LogP contribution in [0.1, 0.15) is 17.8 Å². The van der Waals surface area contributed by atoms with Gasteiger partial charge in [-0.3, -0.25) is 0 Å². The normalized spacial score (nSPS) is 12.6. The first-order valence-corrected chi connectivity index (χ1v) is 9.11. The summed E-state index contributed by atoms with van der Waals surface area (Å²) in [7, 11) is 1.69. The summed E-state index contributed by atoms with van der Waals surface area (Å²) in [6.07, 6.45) is 4.48. The molecule has 0 bridgehead atoms. The minimum absolute atomic E-state index is 0. The van der Waals surface area contributed by atoms with E-state index in [9.17, 15) is 0 Å². The van der Waals surface area contributed by atoms with Crippen molar-refractivity contribution in [1.29, 1.82) is 0 Å². The Morgan fingerprint density at radius 2 is 1.88 bits per heavy atom. The lowest BCUT2D eigenvalue weighted by molar-refractivity contribution is -0.694. The third-order valence-corrected chi connectivity index (χ3v) is 5.32. The zero-order chi connectivity index (χ0) is 17.4. The third kappa shape index (κ3) is 3.57. The standard InChI is InChI=1S/C20H19Cl2N2O.ClH/c1-25-17-8-5-14(6-9-17)19-13-23(20-3-2-10-24(19)20)12-15-4-7-16(21)11-18(15)22;/h4-9,11,13H,2-3,10,12H2,1H3;1H/q+1;/p-1. The monoisotopic (exact) mass is 408 g/mol. The quantitative estimate of drug-likeness (QED) is 0.601. The van der Waals surface area contributed by atoms with Crippen LogP contribution in [0.2, 0.25) is 10.0 Å². The van der Waals surface area contributed by atoms with Crippen molar-refractivity contribution in [3.05, 3.63) is 70.1 Å². The van der Waals surface area contributed by atoms with Crippen LogP contribution in [0, 0.1) is 0 Å². The van der Waals surface area contributed by atoms with Crippen molar-refractivity contribution < 1.29 is 21.7 Å². The van der Waals surface area contributed by atoms with E-state index < -0.39 is 0 Å². The minimum Gasteiger partial charge on any atom is -1.00 e. The van der Waals surface area contributed by atoms with E-state index in [4.69, 9.17) is 27.9 Å². The SMILES string of the molecule is COc1ccc(-c2c[n+](Cc3ccc(Cl)cc3Cl)c3n2CCC3)cc1.[Cl-]. The van der Waals surface area contributed by atoms with Crippen LogP contribution in [-0.4, -0.2) is 11.7 Å². The first kappa shape index (κ1) is 19.1. The molecule has 1 aromatic heterocycles. The van der Waals surface area contributed by atoms with Gasteiger partial charge in [0.25, 0.3) is 5.82 Å². The summed E-state index contributed by atoms with van der Waals surface area (Å²) in [5.74, 6) is 2.22. The highest BCUT2D eigenvalue weighted by molar-refractivity contribution is 6.35. The first-order valence-electron chi connectivity index (χ1n) is 8.36. The number of halogens is 3. The number of ether oxygens (including phenoxy) is 1. The molecule has 3 nitrogen and oxygen atoms in total. The molecular formula is C20H19Cl3N2O. The molecule has 2 heterocycles. The lowest BCUT2D eigenvalue weighted by atomic mass is 10.1. The Hall–Kier alpha value is -1.68. The first-order chi connectivity index (χ1) is 12.2. The van der Waals surface area contributed by atoms with Crippen LogP contribution in [0.25, 0.3) is 11.3 Å². The molecule has 1 aliphatic rings. The zero-order valence-electron chi connectivity index (χ0n) is 14.4. The third-order valence-electron chi connectivity index (χ3n) is 4.74. The van der Waals surface area contributed by atoms with Crippen molar-refractivity contribution in [2.45, 2.75) is 25.9 Å². The van der Waals surface area contributed by atoms with Gasteiger partial charge in [-0.25, -0.2) is 9.13 Å². The number of imidazole rings is 1. The summed E-state index contributed by atoms with van der Waals surface area (Å²) in [5.41, 5.74) is 3.52. The van der Waals surface area contributed by atoms with Crippen molar-refractivity contribution in [3.63, 3.8) is 0 Å². The highest BCUT2D eigenvalue weighted by Gasteiger charge is 2.28. The number of hydrogen-bond donors (Lipinski definition) is 0. The van der Waals surface area contributed by atoms with Crippen LogP contribution in [0.3, 0.4) is 0 Å². The molecule has 0 amide bonds. The molecule has 0 atom stereocenters. The smallest absolute Gasteiger partial charge is 0.257 e. The molecule has 3 aromatic rings. The lowest BCUT2D eigenvalue weighted by Gasteiger charge is -2.03. The van der Waals surface area contributed by atoms with E-state index >= 15 is 0 Å². The van der Waals surface area contributed by atoms with E-state index in [0.717, 1.165) is 30.8 Å². The van der Waals surface area contributed by atoms with Crippen molar-refractivity contribution in [3.8, 4) is 17.0 Å². The average Bonchev–Trinajstić information content (AvgIpc) is 3.21. The van der Waals surface area contributed by atoms with E-state index in [1.165, 1.54) is 23.5 Å². The molecule has 6 heteroatoms. The minimum atomic E-state index is 0. The van der Waals surface area contributed by atoms with E-state index in [-0.39, 0.29) is 12.4 Å². The highest BCUT2D eigenvalue weighted by Crippen LogP contribution is 2.27. The molecule has 0 N–H and O–H groups in total. The highest BCUT2D eigenvalue weighted by atomic mass is 35.5. The fraction of sp³-hybridized carbons (Fsp3) is 0.250. The van der Waals surface area contributed by atoms with E-state index in [1.54, 1.807) is 13.2 Å². The number of methoxy groups -OCH3 is 1. The average molecular weight is 410 g/mol. The van der Waals surface area contributed by atoms with Crippen LogP contribution < -0.4 is 21.7 Å². The van der Waals surface area contributed by atoms with Gasteiger partial charge < -0.3 is 17.1 Å². The second-order valence-electron chi connectivity index (χ2n) is 6.28. The predicted molar refractivity (Wildman–Crippen MR) is 101 cm³/mol. The van der Waals surface area contributed by atoms with Crippen LogP contribution in [0.15, 0.2) is 48.7 Å². The second-order valence-corrected chi connectivity index (χ2v) is 7.12. The maximum absolute atomic E-state index is 6.37. The Labute approximate surface area is 169 Å². The molecule has 136 valence electrons. The molecule has 1 aliphatic heterocycles. The van der Waals surface area contributed by atoms with Gasteiger partial charge in [-0.1, -0.05) is 29.3 Å². The Balaban J connectivity index is 0.00000196. The molecule has 0 aliphatic carbocycles. The molecule has 0 saturated carbocycles. The van der Waals surface area contributed by atoms with Crippen molar-refractivity contribution >= 4 is 23.2 Å². The number of nitrogens with zero attached hydrogens (tertiary/aromatic N) is 2. The van der Waals surface area contributed by atoms with Crippen LogP contribution >= 0.6 is 23.2 Å². The van der Waals surface area contributed by atoms with Crippen molar-refractivity contribution in [1.82, 2.24) is 4.57 Å². The van der Waals surface area contributed by atoms with Crippen molar-refractivity contribution in [2.24, 2.45) is 0 Å². The van der Waals surface area contributed by atoms with Gasteiger partial charge in [-0.15, -0.1) is 0 Å². The van der Waals surface area contributed by atoms with Gasteiger partial charge in [0, 0.05) is 21.2 Å². The summed E-state index contributed by atoms with van der Waals surface area (Å²) in [6, 6.07) is 13.9. The van der Waals surface area contributed by atoms with E-state index in [2.05, 4.69) is 27.5 Å². The maximum Gasteiger partial charge on any atom is 0.257 e. The van der Waals surface area contributed by atoms with Gasteiger partial charge in [0.1, 0.15) is 18.5 Å². The van der Waals surface area contributed by atoms with Gasteiger partial charge in [0.15, 0.2) is 5.69 Å². The van der Waals surface area contributed by atoms with Gasteiger partial charge in [-0.05, 0) is 42.8 Å². The second kappa shape index (κ2) is 7.91. The number of rotatable bonds is 4. The molecule has 0 spiro atoms. The summed E-state index contributed by atoms with van der Waals surface area (Å²) >= 11 is 12.4. The Morgan fingerprint density at radius 1 is 1.12 bits per heavy atom.